The minimum absolute atomic E-state index is 0.0398. The maximum atomic E-state index is 13.9. The second-order valence-corrected chi connectivity index (χ2v) is 15.5. The Balaban J connectivity index is 1.82. The molecule has 5 N–H and O–H groups in total. The van der Waals surface area contributed by atoms with E-state index in [1.807, 2.05) is 55.4 Å². The maximum Gasteiger partial charge on any atom is 0.315 e. The fourth-order valence-corrected chi connectivity index (χ4v) is 6.39. The summed E-state index contributed by atoms with van der Waals surface area (Å²) in [5.41, 5.74) is -1.94. The summed E-state index contributed by atoms with van der Waals surface area (Å²) < 4.78 is 0. The molecule has 3 rings (SSSR count). The van der Waals surface area contributed by atoms with Gasteiger partial charge in [0.05, 0.1) is 12.0 Å². The number of Topliss-reactive ketones (excluding diaryl/α,β-unsaturated/α-hetero) is 1. The highest BCUT2D eigenvalue weighted by Gasteiger charge is 2.65. The topological polar surface area (TPSA) is 146 Å². The lowest BCUT2D eigenvalue weighted by Gasteiger charge is -2.43. The molecular weight excluding hydrogens is 522 g/mol. The van der Waals surface area contributed by atoms with Crippen LogP contribution < -0.4 is 26.6 Å². The van der Waals surface area contributed by atoms with Crippen LogP contribution in [0.5, 0.6) is 0 Å². The van der Waals surface area contributed by atoms with Crippen LogP contribution in [0.15, 0.2) is 0 Å². The van der Waals surface area contributed by atoms with Gasteiger partial charge in [-0.2, -0.15) is 0 Å². The van der Waals surface area contributed by atoms with Crippen molar-refractivity contribution in [2.24, 2.45) is 28.6 Å². The van der Waals surface area contributed by atoms with E-state index in [1.165, 1.54) is 0 Å². The molecule has 41 heavy (non-hydrogen) atoms. The summed E-state index contributed by atoms with van der Waals surface area (Å²) in [5, 5.41) is 14.5. The lowest BCUT2D eigenvalue weighted by Crippen LogP contribution is -2.65. The molecule has 3 aliphatic carbocycles. The molecule has 0 saturated heterocycles. The third-order valence-electron chi connectivity index (χ3n) is 9.15. The molecular formula is C31H53N5O5. The maximum absolute atomic E-state index is 13.9. The van der Waals surface area contributed by atoms with Crippen molar-refractivity contribution < 1.29 is 24.0 Å². The van der Waals surface area contributed by atoms with Crippen LogP contribution >= 0.6 is 0 Å². The molecule has 3 fully saturated rings. The van der Waals surface area contributed by atoms with Crippen LogP contribution in [0, 0.1) is 28.6 Å². The lowest BCUT2D eigenvalue weighted by atomic mass is 9.72. The minimum Gasteiger partial charge on any atom is -0.348 e. The third-order valence-corrected chi connectivity index (χ3v) is 9.15. The predicted octanol–water partition coefficient (Wildman–Crippen LogP) is 3.19. The molecule has 0 aromatic rings. The minimum atomic E-state index is -0.916. The average Bonchev–Trinajstić information content (AvgIpc) is 3.71. The summed E-state index contributed by atoms with van der Waals surface area (Å²) in [6, 6.07) is -2.16. The highest BCUT2D eigenvalue weighted by atomic mass is 16.2. The van der Waals surface area contributed by atoms with E-state index in [2.05, 4.69) is 40.4 Å². The van der Waals surface area contributed by atoms with Crippen molar-refractivity contribution in [1.82, 2.24) is 26.6 Å². The molecule has 10 heteroatoms. The molecule has 6 atom stereocenters. The van der Waals surface area contributed by atoms with Crippen LogP contribution in [0.2, 0.25) is 0 Å². The van der Waals surface area contributed by atoms with Crippen molar-refractivity contribution in [1.29, 1.82) is 0 Å². The second kappa shape index (κ2) is 11.6. The van der Waals surface area contributed by atoms with Crippen LogP contribution in [-0.2, 0) is 19.2 Å². The third kappa shape index (κ3) is 8.01. The summed E-state index contributed by atoms with van der Waals surface area (Å²) >= 11 is 0. The Labute approximate surface area is 245 Å². The van der Waals surface area contributed by atoms with Gasteiger partial charge in [0, 0.05) is 17.1 Å². The van der Waals surface area contributed by atoms with E-state index in [0.717, 1.165) is 12.8 Å². The zero-order chi connectivity index (χ0) is 31.1. The van der Waals surface area contributed by atoms with Crippen LogP contribution in [-0.4, -0.2) is 58.7 Å². The number of hydrogen-bond acceptors (Lipinski definition) is 5. The number of carbonyl (C=O) groups is 5. The molecule has 0 aromatic heterocycles. The molecule has 0 aromatic carbocycles. The molecule has 0 spiro atoms. The first kappa shape index (κ1) is 32.9. The Kier molecular flexibility index (Phi) is 9.26. The fourth-order valence-electron chi connectivity index (χ4n) is 6.39. The SMILES string of the molecule is CCC[C@H](NC(=O)[C@@H]1C[C@@H]2C(C[C@]1(C)NC(=O)[C@@H](NC(=O)NC(C)(C)C)C(C)(C)C)C2(C)C)C(=O)C(=O)NC1CC1. The molecule has 0 aliphatic heterocycles. The predicted molar refractivity (Wildman–Crippen MR) is 158 cm³/mol. The van der Waals surface area contributed by atoms with Gasteiger partial charge in [-0.25, -0.2) is 4.79 Å². The molecule has 232 valence electrons. The fraction of sp³-hybridized carbons (Fsp3) is 0.839. The van der Waals surface area contributed by atoms with E-state index in [4.69, 9.17) is 0 Å². The molecule has 0 heterocycles. The summed E-state index contributed by atoms with van der Waals surface area (Å²) in [6.45, 7) is 19.4. The highest BCUT2D eigenvalue weighted by Crippen LogP contribution is 2.67. The van der Waals surface area contributed by atoms with Gasteiger partial charge in [0.1, 0.15) is 6.04 Å². The number of hydrogen-bond donors (Lipinski definition) is 5. The van der Waals surface area contributed by atoms with Crippen LogP contribution in [0.1, 0.15) is 108 Å². The second-order valence-electron chi connectivity index (χ2n) is 15.5. The zero-order valence-electron chi connectivity index (χ0n) is 26.7. The van der Waals surface area contributed by atoms with Gasteiger partial charge in [0.2, 0.25) is 17.6 Å². The van der Waals surface area contributed by atoms with Gasteiger partial charge in [-0.15, -0.1) is 0 Å². The van der Waals surface area contributed by atoms with Gasteiger partial charge < -0.3 is 26.6 Å². The van der Waals surface area contributed by atoms with E-state index in [-0.39, 0.29) is 23.3 Å². The number of ketones is 1. The van der Waals surface area contributed by atoms with Crippen molar-refractivity contribution in [3.05, 3.63) is 0 Å². The Hall–Kier alpha value is -2.65. The summed E-state index contributed by atoms with van der Waals surface area (Å²) in [4.78, 5) is 66.0. The van der Waals surface area contributed by atoms with E-state index >= 15 is 0 Å². The van der Waals surface area contributed by atoms with E-state index in [9.17, 15) is 24.0 Å². The zero-order valence-corrected chi connectivity index (χ0v) is 26.7. The Morgan fingerprint density at radius 3 is 2.02 bits per heavy atom. The van der Waals surface area contributed by atoms with Gasteiger partial charge in [-0.3, -0.25) is 19.2 Å². The highest BCUT2D eigenvalue weighted by molar-refractivity contribution is 6.38. The number of rotatable bonds is 10. The molecule has 3 saturated carbocycles. The van der Waals surface area contributed by atoms with Crippen LogP contribution in [0.3, 0.4) is 0 Å². The van der Waals surface area contributed by atoms with Crippen molar-refractivity contribution in [3.8, 4) is 0 Å². The van der Waals surface area contributed by atoms with E-state index in [1.54, 1.807) is 0 Å². The smallest absolute Gasteiger partial charge is 0.315 e. The quantitative estimate of drug-likeness (QED) is 0.254. The summed E-state index contributed by atoms with van der Waals surface area (Å²) in [7, 11) is 0. The van der Waals surface area contributed by atoms with Crippen molar-refractivity contribution >= 4 is 29.5 Å². The average molecular weight is 576 g/mol. The van der Waals surface area contributed by atoms with Gasteiger partial charge in [-0.1, -0.05) is 48.0 Å². The molecule has 5 amide bonds. The molecule has 0 bridgehead atoms. The standard InChI is InChI=1S/C31H53N5O5/c1-11-12-21(22(37)25(39)32-17-13-14-17)33-24(38)19-15-18-20(30(18,8)9)16-31(19,10)35-26(40)23(28(2,3)4)34-27(41)36-29(5,6)7/h17-21,23H,11-16H2,1-10H3,(H,32,39)(H,33,38)(H,35,40)(H2,34,36,41)/t18-,19+,20?,21+,23-,31+/m1/s1. The van der Waals surface area contributed by atoms with Gasteiger partial charge in [0.15, 0.2) is 0 Å². The van der Waals surface area contributed by atoms with Gasteiger partial charge in [-0.05, 0) is 82.5 Å². The number of nitrogens with one attached hydrogen (secondary N) is 5. The monoisotopic (exact) mass is 575 g/mol. The Morgan fingerprint density at radius 1 is 0.902 bits per heavy atom. The first-order valence-corrected chi connectivity index (χ1v) is 15.3. The summed E-state index contributed by atoms with van der Waals surface area (Å²) in [6.07, 6.45) is 3.89. The Bertz CT molecular complexity index is 1050. The van der Waals surface area contributed by atoms with Crippen LogP contribution in [0.25, 0.3) is 0 Å². The number of urea groups is 1. The van der Waals surface area contributed by atoms with Crippen molar-refractivity contribution in [3.63, 3.8) is 0 Å². The lowest BCUT2D eigenvalue weighted by molar-refractivity contribution is -0.141. The van der Waals surface area contributed by atoms with E-state index < -0.39 is 52.2 Å². The normalized spacial score (nSPS) is 28.3. The van der Waals surface area contributed by atoms with E-state index in [0.29, 0.717) is 37.5 Å². The molecule has 10 nitrogen and oxygen atoms in total. The van der Waals surface area contributed by atoms with Crippen LogP contribution in [0.4, 0.5) is 4.79 Å². The van der Waals surface area contributed by atoms with Crippen molar-refractivity contribution in [2.75, 3.05) is 0 Å². The molecule has 0 radical (unpaired) electrons. The number of carbonyl (C=O) groups excluding carboxylic acids is 5. The Morgan fingerprint density at radius 2 is 1.51 bits per heavy atom. The molecule has 3 aliphatic rings. The number of amides is 5. The van der Waals surface area contributed by atoms with Crippen molar-refractivity contribution in [2.45, 2.75) is 137 Å². The molecule has 1 unspecified atom stereocenters. The first-order valence-electron chi connectivity index (χ1n) is 15.3. The number of fused-ring (bicyclic) bond motifs is 1. The van der Waals surface area contributed by atoms with Gasteiger partial charge in [0.25, 0.3) is 5.91 Å². The largest absolute Gasteiger partial charge is 0.348 e. The first-order chi connectivity index (χ1) is 18.7. The van der Waals surface area contributed by atoms with Gasteiger partial charge >= 0.3 is 6.03 Å². The summed E-state index contributed by atoms with van der Waals surface area (Å²) in [5.74, 6) is -1.89.